The minimum absolute atomic E-state index is 0.571. The summed E-state index contributed by atoms with van der Waals surface area (Å²) in [6.45, 7) is 1.93. The highest BCUT2D eigenvalue weighted by Crippen LogP contribution is 2.25. The van der Waals surface area contributed by atoms with Crippen molar-refractivity contribution >= 4 is 5.82 Å². The summed E-state index contributed by atoms with van der Waals surface area (Å²) in [4.78, 5) is 9.06. The van der Waals surface area contributed by atoms with Gasteiger partial charge in [-0.25, -0.2) is 15.8 Å². The zero-order chi connectivity index (χ0) is 14.8. The van der Waals surface area contributed by atoms with E-state index in [2.05, 4.69) is 20.5 Å². The summed E-state index contributed by atoms with van der Waals surface area (Å²) >= 11 is 0. The quantitative estimate of drug-likeness (QED) is 0.567. The summed E-state index contributed by atoms with van der Waals surface area (Å²) in [6.07, 6.45) is 1.90. The first kappa shape index (κ1) is 13.3. The van der Waals surface area contributed by atoms with Crippen LogP contribution in [-0.4, -0.2) is 19.7 Å². The summed E-state index contributed by atoms with van der Waals surface area (Å²) in [6, 6.07) is 11.7. The molecule has 0 aliphatic carbocycles. The maximum absolute atomic E-state index is 5.53. The third-order valence-corrected chi connectivity index (χ3v) is 3.20. The zero-order valence-corrected chi connectivity index (χ0v) is 11.9. The topological polar surface area (TPSA) is 81.7 Å². The van der Waals surface area contributed by atoms with E-state index in [4.69, 9.17) is 5.84 Å². The van der Waals surface area contributed by atoms with Gasteiger partial charge >= 0.3 is 0 Å². The highest BCUT2D eigenvalue weighted by atomic mass is 15.3. The summed E-state index contributed by atoms with van der Waals surface area (Å²) in [5.41, 5.74) is 6.20. The number of aromatic nitrogens is 4. The number of benzene rings is 1. The van der Waals surface area contributed by atoms with Crippen molar-refractivity contribution in [2.75, 3.05) is 5.43 Å². The lowest BCUT2D eigenvalue weighted by Crippen LogP contribution is -2.10. The molecule has 2 aromatic heterocycles. The van der Waals surface area contributed by atoms with Crippen molar-refractivity contribution in [3.05, 3.63) is 48.3 Å². The van der Waals surface area contributed by atoms with E-state index in [0.29, 0.717) is 11.6 Å². The van der Waals surface area contributed by atoms with Gasteiger partial charge in [0.15, 0.2) is 5.82 Å². The highest BCUT2D eigenvalue weighted by Gasteiger charge is 2.12. The predicted octanol–water partition coefficient (Wildman–Crippen LogP) is 2.14. The van der Waals surface area contributed by atoms with E-state index in [0.717, 1.165) is 22.5 Å². The number of hydrazine groups is 1. The van der Waals surface area contributed by atoms with Crippen LogP contribution in [0.25, 0.3) is 22.6 Å². The van der Waals surface area contributed by atoms with Crippen molar-refractivity contribution in [2.45, 2.75) is 6.92 Å². The predicted molar refractivity (Wildman–Crippen MR) is 82.2 cm³/mol. The minimum Gasteiger partial charge on any atom is -0.308 e. The van der Waals surface area contributed by atoms with Crippen molar-refractivity contribution in [1.82, 2.24) is 19.7 Å². The Hall–Kier alpha value is -2.73. The second kappa shape index (κ2) is 5.34. The van der Waals surface area contributed by atoms with E-state index in [1.165, 1.54) is 0 Å². The third kappa shape index (κ3) is 2.61. The van der Waals surface area contributed by atoms with Crippen LogP contribution >= 0.6 is 0 Å². The monoisotopic (exact) mass is 280 g/mol. The van der Waals surface area contributed by atoms with Gasteiger partial charge in [0.1, 0.15) is 5.82 Å². The molecule has 2 heterocycles. The van der Waals surface area contributed by atoms with Crippen LogP contribution in [0.4, 0.5) is 5.82 Å². The normalized spacial score (nSPS) is 10.6. The van der Waals surface area contributed by atoms with Crippen LogP contribution in [0.2, 0.25) is 0 Å². The summed E-state index contributed by atoms with van der Waals surface area (Å²) < 4.78 is 1.75. The number of nitrogens with two attached hydrogens (primary N) is 1. The van der Waals surface area contributed by atoms with Gasteiger partial charge in [-0.2, -0.15) is 5.10 Å². The first-order valence-corrected chi connectivity index (χ1v) is 6.59. The molecule has 0 unspecified atom stereocenters. The van der Waals surface area contributed by atoms with E-state index >= 15 is 0 Å². The molecule has 0 saturated heterocycles. The number of aryl methyl sites for hydroxylation is 2. The van der Waals surface area contributed by atoms with Gasteiger partial charge in [-0.05, 0) is 6.92 Å². The van der Waals surface area contributed by atoms with Gasteiger partial charge in [0, 0.05) is 24.9 Å². The minimum atomic E-state index is 0.571. The molecule has 3 aromatic rings. The Balaban J connectivity index is 2.16. The van der Waals surface area contributed by atoms with E-state index in [9.17, 15) is 0 Å². The van der Waals surface area contributed by atoms with Gasteiger partial charge in [0.2, 0.25) is 0 Å². The van der Waals surface area contributed by atoms with Gasteiger partial charge < -0.3 is 5.43 Å². The molecular formula is C15H16N6. The fourth-order valence-electron chi connectivity index (χ4n) is 2.22. The van der Waals surface area contributed by atoms with E-state index in [1.807, 2.05) is 56.6 Å². The smallest absolute Gasteiger partial charge is 0.165 e. The van der Waals surface area contributed by atoms with Crippen molar-refractivity contribution in [3.8, 4) is 22.6 Å². The molecule has 0 radical (unpaired) electrons. The lowest BCUT2D eigenvalue weighted by atomic mass is 10.1. The first-order valence-electron chi connectivity index (χ1n) is 6.59. The van der Waals surface area contributed by atoms with Gasteiger partial charge in [0.25, 0.3) is 0 Å². The second-order valence-corrected chi connectivity index (χ2v) is 4.77. The number of anilines is 1. The van der Waals surface area contributed by atoms with Gasteiger partial charge in [-0.15, -0.1) is 0 Å². The Bertz CT molecular complexity index is 763. The molecule has 0 atom stereocenters. The molecule has 0 fully saturated rings. The Kier molecular flexibility index (Phi) is 3.37. The van der Waals surface area contributed by atoms with Crippen molar-refractivity contribution in [3.63, 3.8) is 0 Å². The number of hydrogen-bond acceptors (Lipinski definition) is 5. The van der Waals surface area contributed by atoms with Crippen LogP contribution in [0.5, 0.6) is 0 Å². The number of nitrogen functional groups attached to an aromatic ring is 1. The molecule has 0 aliphatic heterocycles. The lowest BCUT2D eigenvalue weighted by Gasteiger charge is -2.07. The second-order valence-electron chi connectivity index (χ2n) is 4.77. The van der Waals surface area contributed by atoms with Crippen molar-refractivity contribution in [2.24, 2.45) is 12.9 Å². The average Bonchev–Trinajstić information content (AvgIpc) is 2.86. The number of nitrogens with zero attached hydrogens (tertiary/aromatic N) is 4. The molecule has 6 heteroatoms. The summed E-state index contributed by atoms with van der Waals surface area (Å²) in [5, 5.41) is 4.33. The lowest BCUT2D eigenvalue weighted by molar-refractivity contribution is 0.756. The van der Waals surface area contributed by atoms with E-state index < -0.39 is 0 Å². The Morgan fingerprint density at radius 3 is 2.52 bits per heavy atom. The Morgan fingerprint density at radius 2 is 1.90 bits per heavy atom. The fraction of sp³-hybridized carbons (Fsp3) is 0.133. The molecular weight excluding hydrogens is 264 g/mol. The van der Waals surface area contributed by atoms with E-state index in [-0.39, 0.29) is 0 Å². The molecule has 0 aliphatic rings. The van der Waals surface area contributed by atoms with Crippen LogP contribution in [0.3, 0.4) is 0 Å². The van der Waals surface area contributed by atoms with Crippen LogP contribution in [0.1, 0.15) is 5.69 Å². The van der Waals surface area contributed by atoms with E-state index in [1.54, 1.807) is 4.68 Å². The highest BCUT2D eigenvalue weighted by molar-refractivity contribution is 5.67. The first-order chi connectivity index (χ1) is 10.2. The van der Waals surface area contributed by atoms with Crippen LogP contribution < -0.4 is 11.3 Å². The maximum Gasteiger partial charge on any atom is 0.165 e. The number of nitrogens with one attached hydrogen (secondary N) is 1. The third-order valence-electron chi connectivity index (χ3n) is 3.20. The van der Waals surface area contributed by atoms with Gasteiger partial charge in [0.05, 0.1) is 17.0 Å². The van der Waals surface area contributed by atoms with Crippen molar-refractivity contribution < 1.29 is 0 Å². The number of rotatable bonds is 3. The standard InChI is InChI=1S/C15H16N6/c1-10-12(9-21(2)20-10)15-17-13(8-14(18-15)19-16)11-6-4-3-5-7-11/h3-9H,16H2,1-2H3,(H,17,18,19). The largest absolute Gasteiger partial charge is 0.308 e. The zero-order valence-electron chi connectivity index (χ0n) is 11.9. The maximum atomic E-state index is 5.53. The van der Waals surface area contributed by atoms with Gasteiger partial charge in [-0.1, -0.05) is 30.3 Å². The molecule has 0 amide bonds. The van der Waals surface area contributed by atoms with Crippen molar-refractivity contribution in [1.29, 1.82) is 0 Å². The van der Waals surface area contributed by atoms with Crippen LogP contribution in [0.15, 0.2) is 42.6 Å². The molecule has 1 aromatic carbocycles. The molecule has 3 N–H and O–H groups in total. The van der Waals surface area contributed by atoms with Crippen LogP contribution in [0, 0.1) is 6.92 Å². The molecule has 6 nitrogen and oxygen atoms in total. The number of hydrogen-bond donors (Lipinski definition) is 2. The molecule has 106 valence electrons. The molecule has 0 saturated carbocycles. The van der Waals surface area contributed by atoms with Crippen LogP contribution in [-0.2, 0) is 7.05 Å². The molecule has 21 heavy (non-hydrogen) atoms. The average molecular weight is 280 g/mol. The molecule has 3 rings (SSSR count). The van der Waals surface area contributed by atoms with Gasteiger partial charge in [-0.3, -0.25) is 4.68 Å². The Labute approximate surface area is 122 Å². The Morgan fingerprint density at radius 1 is 1.14 bits per heavy atom. The summed E-state index contributed by atoms with van der Waals surface area (Å²) in [7, 11) is 1.87. The summed E-state index contributed by atoms with van der Waals surface area (Å²) in [5.74, 6) is 6.70. The fourth-order valence-corrected chi connectivity index (χ4v) is 2.22. The molecule has 0 bridgehead atoms. The molecule has 0 spiro atoms. The SMILES string of the molecule is Cc1nn(C)cc1-c1nc(NN)cc(-c2ccccc2)n1.